The number of carbonyl (C=O) groups is 1. The van der Waals surface area contributed by atoms with Crippen molar-refractivity contribution in [1.29, 1.82) is 0 Å². The van der Waals surface area contributed by atoms with E-state index in [0.717, 1.165) is 17.3 Å². The second-order valence-electron chi connectivity index (χ2n) is 4.48. The standard InChI is InChI=1S/C15H18N2O2/c1-2-12(9-10-18)16-15(19)14-8-7-11-5-3-4-6-13(11)17-14/h3-8,12,18H,2,9-10H2,1H3,(H,16,19). The number of rotatable bonds is 5. The van der Waals surface area contributed by atoms with E-state index in [1.807, 2.05) is 37.3 Å². The van der Waals surface area contributed by atoms with Crippen LogP contribution in [0.15, 0.2) is 36.4 Å². The van der Waals surface area contributed by atoms with Gasteiger partial charge in [-0.3, -0.25) is 4.79 Å². The normalized spacial score (nSPS) is 12.3. The minimum atomic E-state index is -0.189. The quantitative estimate of drug-likeness (QED) is 0.863. The number of nitrogens with one attached hydrogen (secondary N) is 1. The number of amides is 1. The summed E-state index contributed by atoms with van der Waals surface area (Å²) in [4.78, 5) is 16.4. The molecule has 1 atom stereocenters. The van der Waals surface area contributed by atoms with Crippen molar-refractivity contribution >= 4 is 16.8 Å². The molecular weight excluding hydrogens is 240 g/mol. The van der Waals surface area contributed by atoms with Gasteiger partial charge in [0.1, 0.15) is 5.69 Å². The van der Waals surface area contributed by atoms with Gasteiger partial charge >= 0.3 is 0 Å². The number of hydrogen-bond acceptors (Lipinski definition) is 3. The molecule has 0 saturated heterocycles. The molecule has 0 bridgehead atoms. The highest BCUT2D eigenvalue weighted by Gasteiger charge is 2.13. The molecule has 0 fully saturated rings. The number of nitrogens with zero attached hydrogens (tertiary/aromatic N) is 1. The Balaban J connectivity index is 2.16. The molecule has 1 aromatic heterocycles. The van der Waals surface area contributed by atoms with Gasteiger partial charge in [-0.15, -0.1) is 0 Å². The van der Waals surface area contributed by atoms with E-state index in [9.17, 15) is 4.79 Å². The molecule has 0 aliphatic heterocycles. The number of hydrogen-bond donors (Lipinski definition) is 2. The highest BCUT2D eigenvalue weighted by Crippen LogP contribution is 2.12. The lowest BCUT2D eigenvalue weighted by molar-refractivity contribution is 0.0924. The molecule has 19 heavy (non-hydrogen) atoms. The van der Waals surface area contributed by atoms with Crippen LogP contribution in [-0.4, -0.2) is 28.6 Å². The molecule has 0 spiro atoms. The average molecular weight is 258 g/mol. The molecule has 1 amide bonds. The summed E-state index contributed by atoms with van der Waals surface area (Å²) < 4.78 is 0. The van der Waals surface area contributed by atoms with Crippen molar-refractivity contribution in [2.24, 2.45) is 0 Å². The molecular formula is C15H18N2O2. The van der Waals surface area contributed by atoms with Gasteiger partial charge in [-0.2, -0.15) is 0 Å². The van der Waals surface area contributed by atoms with Crippen LogP contribution in [0.2, 0.25) is 0 Å². The first-order valence-electron chi connectivity index (χ1n) is 6.52. The molecule has 0 aliphatic rings. The van der Waals surface area contributed by atoms with E-state index in [0.29, 0.717) is 12.1 Å². The van der Waals surface area contributed by atoms with Crippen molar-refractivity contribution in [3.63, 3.8) is 0 Å². The minimum Gasteiger partial charge on any atom is -0.396 e. The first-order chi connectivity index (χ1) is 9.24. The molecule has 1 heterocycles. The number of para-hydroxylation sites is 1. The number of aliphatic hydroxyl groups is 1. The monoisotopic (exact) mass is 258 g/mol. The van der Waals surface area contributed by atoms with Crippen molar-refractivity contribution in [1.82, 2.24) is 10.3 Å². The Morgan fingerprint density at radius 1 is 1.32 bits per heavy atom. The van der Waals surface area contributed by atoms with E-state index < -0.39 is 0 Å². The van der Waals surface area contributed by atoms with Gasteiger partial charge < -0.3 is 10.4 Å². The van der Waals surface area contributed by atoms with Crippen LogP contribution < -0.4 is 5.32 Å². The molecule has 4 heteroatoms. The van der Waals surface area contributed by atoms with Crippen LogP contribution >= 0.6 is 0 Å². The van der Waals surface area contributed by atoms with Crippen LogP contribution in [0.4, 0.5) is 0 Å². The third kappa shape index (κ3) is 3.29. The maximum Gasteiger partial charge on any atom is 0.270 e. The molecule has 0 radical (unpaired) electrons. The third-order valence-electron chi connectivity index (χ3n) is 3.14. The summed E-state index contributed by atoms with van der Waals surface area (Å²) in [7, 11) is 0. The highest BCUT2D eigenvalue weighted by atomic mass is 16.3. The average Bonchev–Trinajstić information content (AvgIpc) is 2.46. The Labute approximate surface area is 112 Å². The molecule has 0 aliphatic carbocycles. The van der Waals surface area contributed by atoms with Gasteiger partial charge in [0, 0.05) is 18.0 Å². The molecule has 1 unspecified atom stereocenters. The fourth-order valence-electron chi connectivity index (χ4n) is 1.99. The Morgan fingerprint density at radius 2 is 2.11 bits per heavy atom. The molecule has 100 valence electrons. The van der Waals surface area contributed by atoms with Gasteiger partial charge in [0.15, 0.2) is 0 Å². The zero-order valence-electron chi connectivity index (χ0n) is 11.0. The summed E-state index contributed by atoms with van der Waals surface area (Å²) in [6.07, 6.45) is 1.36. The lowest BCUT2D eigenvalue weighted by Crippen LogP contribution is -2.35. The van der Waals surface area contributed by atoms with E-state index >= 15 is 0 Å². The van der Waals surface area contributed by atoms with Crippen LogP contribution in [-0.2, 0) is 0 Å². The van der Waals surface area contributed by atoms with E-state index in [1.165, 1.54) is 0 Å². The Bertz CT molecular complexity index is 569. The van der Waals surface area contributed by atoms with Crippen LogP contribution in [0.5, 0.6) is 0 Å². The van der Waals surface area contributed by atoms with Gasteiger partial charge in [0.25, 0.3) is 5.91 Å². The first-order valence-corrected chi connectivity index (χ1v) is 6.52. The van der Waals surface area contributed by atoms with Crippen molar-refractivity contribution < 1.29 is 9.90 Å². The van der Waals surface area contributed by atoms with Crippen molar-refractivity contribution in [3.05, 3.63) is 42.1 Å². The molecule has 0 saturated carbocycles. The SMILES string of the molecule is CCC(CCO)NC(=O)c1ccc2ccccc2n1. The topological polar surface area (TPSA) is 62.2 Å². The highest BCUT2D eigenvalue weighted by molar-refractivity contribution is 5.95. The summed E-state index contributed by atoms with van der Waals surface area (Å²) >= 11 is 0. The van der Waals surface area contributed by atoms with Crippen LogP contribution in [0.3, 0.4) is 0 Å². The van der Waals surface area contributed by atoms with Crippen molar-refractivity contribution in [3.8, 4) is 0 Å². The first kappa shape index (κ1) is 13.5. The number of pyridine rings is 1. The summed E-state index contributed by atoms with van der Waals surface area (Å²) in [5.74, 6) is -0.189. The van der Waals surface area contributed by atoms with Crippen LogP contribution in [0, 0.1) is 0 Å². The smallest absolute Gasteiger partial charge is 0.270 e. The number of benzene rings is 1. The Kier molecular flexibility index (Phi) is 4.47. The Hall–Kier alpha value is -1.94. The molecule has 2 aromatic rings. The molecule has 1 aromatic carbocycles. The van der Waals surface area contributed by atoms with Crippen molar-refractivity contribution in [2.45, 2.75) is 25.8 Å². The number of fused-ring (bicyclic) bond motifs is 1. The van der Waals surface area contributed by atoms with Gasteiger partial charge in [0.05, 0.1) is 5.52 Å². The molecule has 4 nitrogen and oxygen atoms in total. The lowest BCUT2D eigenvalue weighted by atomic mass is 10.1. The van der Waals surface area contributed by atoms with Crippen LogP contribution in [0.1, 0.15) is 30.3 Å². The fraction of sp³-hybridized carbons (Fsp3) is 0.333. The maximum absolute atomic E-state index is 12.1. The number of aliphatic hydroxyl groups excluding tert-OH is 1. The minimum absolute atomic E-state index is 0.00855. The molecule has 2 N–H and O–H groups in total. The number of aromatic nitrogens is 1. The molecule has 2 rings (SSSR count). The third-order valence-corrected chi connectivity index (χ3v) is 3.14. The zero-order valence-corrected chi connectivity index (χ0v) is 11.0. The lowest BCUT2D eigenvalue weighted by Gasteiger charge is -2.15. The predicted molar refractivity (Wildman–Crippen MR) is 75.0 cm³/mol. The van der Waals surface area contributed by atoms with E-state index in [2.05, 4.69) is 10.3 Å². The summed E-state index contributed by atoms with van der Waals surface area (Å²) in [6.45, 7) is 2.05. The fourth-order valence-corrected chi connectivity index (χ4v) is 1.99. The Morgan fingerprint density at radius 3 is 2.84 bits per heavy atom. The van der Waals surface area contributed by atoms with Gasteiger partial charge in [-0.05, 0) is 25.0 Å². The van der Waals surface area contributed by atoms with E-state index in [-0.39, 0.29) is 18.6 Å². The second kappa shape index (κ2) is 6.29. The van der Waals surface area contributed by atoms with E-state index in [4.69, 9.17) is 5.11 Å². The van der Waals surface area contributed by atoms with Crippen LogP contribution in [0.25, 0.3) is 10.9 Å². The maximum atomic E-state index is 12.1. The summed E-state index contributed by atoms with van der Waals surface area (Å²) in [5.41, 5.74) is 1.22. The largest absolute Gasteiger partial charge is 0.396 e. The van der Waals surface area contributed by atoms with Gasteiger partial charge in [0.2, 0.25) is 0 Å². The van der Waals surface area contributed by atoms with E-state index in [1.54, 1.807) is 6.07 Å². The second-order valence-corrected chi connectivity index (χ2v) is 4.48. The van der Waals surface area contributed by atoms with Crippen molar-refractivity contribution in [2.75, 3.05) is 6.61 Å². The zero-order chi connectivity index (χ0) is 13.7. The van der Waals surface area contributed by atoms with Gasteiger partial charge in [-0.25, -0.2) is 4.98 Å². The summed E-state index contributed by atoms with van der Waals surface area (Å²) in [6, 6.07) is 11.3. The number of carbonyl (C=O) groups excluding carboxylic acids is 1. The van der Waals surface area contributed by atoms with Gasteiger partial charge in [-0.1, -0.05) is 31.2 Å². The predicted octanol–water partition coefficient (Wildman–Crippen LogP) is 2.13. The summed E-state index contributed by atoms with van der Waals surface area (Å²) in [5, 5.41) is 12.8.